The van der Waals surface area contributed by atoms with Crippen molar-refractivity contribution in [1.29, 1.82) is 0 Å². The molecule has 0 saturated heterocycles. The maximum Gasteiger partial charge on any atom is 0.234 e. The molecule has 1 fully saturated rings. The van der Waals surface area contributed by atoms with Gasteiger partial charge in [0.25, 0.3) is 0 Å². The summed E-state index contributed by atoms with van der Waals surface area (Å²) in [6, 6.07) is 5.21. The minimum Gasteiger partial charge on any atom is -0.352 e. The molecule has 0 aromatic heterocycles. The number of hydrogen-bond donors (Lipinski definition) is 2. The molecule has 0 bridgehead atoms. The fraction of sp³-hybridized carbons (Fsp3) is 0.562. The third kappa shape index (κ3) is 4.60. The first kappa shape index (κ1) is 15.0. The molecule has 2 rings (SSSR count). The number of carbonyl (C=O) groups excluding carboxylic acids is 1. The number of hydrogen-bond acceptors (Lipinski definition) is 2. The Balaban J connectivity index is 1.64. The first-order valence-corrected chi connectivity index (χ1v) is 7.40. The number of benzene rings is 1. The molecular weight excluding hydrogens is 255 g/mol. The van der Waals surface area contributed by atoms with E-state index < -0.39 is 0 Å². The molecule has 1 saturated carbocycles. The van der Waals surface area contributed by atoms with E-state index in [1.807, 2.05) is 13.0 Å². The number of aryl methyl sites for hydroxylation is 1. The van der Waals surface area contributed by atoms with Gasteiger partial charge in [-0.05, 0) is 56.0 Å². The van der Waals surface area contributed by atoms with E-state index in [9.17, 15) is 9.18 Å². The fourth-order valence-corrected chi connectivity index (χ4v) is 2.71. The van der Waals surface area contributed by atoms with Crippen LogP contribution in [0.1, 0.15) is 36.8 Å². The smallest absolute Gasteiger partial charge is 0.234 e. The van der Waals surface area contributed by atoms with Crippen LogP contribution in [0.25, 0.3) is 0 Å². The molecule has 1 aromatic carbocycles. The topological polar surface area (TPSA) is 41.1 Å². The highest BCUT2D eigenvalue weighted by atomic mass is 19.1. The number of halogens is 1. The van der Waals surface area contributed by atoms with Crippen LogP contribution in [0, 0.1) is 12.7 Å². The summed E-state index contributed by atoms with van der Waals surface area (Å²) in [7, 11) is 0. The Morgan fingerprint density at radius 1 is 1.35 bits per heavy atom. The molecule has 0 atom stereocenters. The predicted octanol–water partition coefficient (Wildman–Crippen LogP) is 2.33. The van der Waals surface area contributed by atoms with Crippen LogP contribution < -0.4 is 10.6 Å². The number of nitrogens with one attached hydrogen (secondary N) is 2. The second-order valence-electron chi connectivity index (χ2n) is 5.55. The van der Waals surface area contributed by atoms with Crippen LogP contribution in [-0.2, 0) is 11.2 Å². The molecule has 110 valence electrons. The SMILES string of the molecule is Cc1cc(F)ccc1CCNCC(=O)NC1CCCC1. The quantitative estimate of drug-likeness (QED) is 0.784. The lowest BCUT2D eigenvalue weighted by Gasteiger charge is -2.12. The summed E-state index contributed by atoms with van der Waals surface area (Å²) in [5, 5.41) is 6.19. The van der Waals surface area contributed by atoms with E-state index >= 15 is 0 Å². The van der Waals surface area contributed by atoms with Crippen LogP contribution in [0.4, 0.5) is 4.39 Å². The average Bonchev–Trinajstić information content (AvgIpc) is 2.89. The molecular formula is C16H23FN2O. The third-order valence-electron chi connectivity index (χ3n) is 3.88. The van der Waals surface area contributed by atoms with Crippen molar-refractivity contribution in [3.05, 3.63) is 35.1 Å². The maximum absolute atomic E-state index is 13.0. The minimum absolute atomic E-state index is 0.0766. The van der Waals surface area contributed by atoms with E-state index in [4.69, 9.17) is 0 Å². The van der Waals surface area contributed by atoms with Gasteiger partial charge in [0.05, 0.1) is 6.54 Å². The molecule has 0 unspecified atom stereocenters. The highest BCUT2D eigenvalue weighted by Crippen LogP contribution is 2.17. The van der Waals surface area contributed by atoms with Gasteiger partial charge >= 0.3 is 0 Å². The standard InChI is InChI=1S/C16H23FN2O/c1-12-10-14(17)7-6-13(12)8-9-18-11-16(20)19-15-4-2-3-5-15/h6-7,10,15,18H,2-5,8-9,11H2,1H3,(H,19,20). The zero-order valence-electron chi connectivity index (χ0n) is 12.0. The van der Waals surface area contributed by atoms with Gasteiger partial charge in [-0.15, -0.1) is 0 Å². The van der Waals surface area contributed by atoms with E-state index in [1.165, 1.54) is 18.9 Å². The largest absolute Gasteiger partial charge is 0.352 e. The van der Waals surface area contributed by atoms with E-state index in [-0.39, 0.29) is 11.7 Å². The van der Waals surface area contributed by atoms with Crippen molar-refractivity contribution in [3.8, 4) is 0 Å². The molecule has 0 radical (unpaired) electrons. The van der Waals surface area contributed by atoms with Gasteiger partial charge in [-0.1, -0.05) is 18.9 Å². The van der Waals surface area contributed by atoms with Gasteiger partial charge in [0.15, 0.2) is 0 Å². The molecule has 2 N–H and O–H groups in total. The van der Waals surface area contributed by atoms with Crippen molar-refractivity contribution in [1.82, 2.24) is 10.6 Å². The highest BCUT2D eigenvalue weighted by molar-refractivity contribution is 5.78. The van der Waals surface area contributed by atoms with Crippen LogP contribution in [0.2, 0.25) is 0 Å². The van der Waals surface area contributed by atoms with Crippen LogP contribution >= 0.6 is 0 Å². The predicted molar refractivity (Wildman–Crippen MR) is 78.1 cm³/mol. The van der Waals surface area contributed by atoms with E-state index in [2.05, 4.69) is 10.6 Å². The number of carbonyl (C=O) groups is 1. The highest BCUT2D eigenvalue weighted by Gasteiger charge is 2.16. The Kier molecular flexibility index (Phi) is 5.53. The second kappa shape index (κ2) is 7.39. The van der Waals surface area contributed by atoms with E-state index in [1.54, 1.807) is 6.07 Å². The Labute approximate surface area is 120 Å². The first-order chi connectivity index (χ1) is 9.65. The van der Waals surface area contributed by atoms with Gasteiger partial charge < -0.3 is 10.6 Å². The van der Waals surface area contributed by atoms with E-state index in [0.717, 1.165) is 36.9 Å². The zero-order valence-corrected chi connectivity index (χ0v) is 12.0. The summed E-state index contributed by atoms with van der Waals surface area (Å²) in [5.41, 5.74) is 2.08. The molecule has 1 aliphatic carbocycles. The Morgan fingerprint density at radius 2 is 2.10 bits per heavy atom. The lowest BCUT2D eigenvalue weighted by atomic mass is 10.1. The maximum atomic E-state index is 13.0. The molecule has 20 heavy (non-hydrogen) atoms. The van der Waals surface area contributed by atoms with Crippen LogP contribution in [0.5, 0.6) is 0 Å². The normalized spacial score (nSPS) is 15.5. The van der Waals surface area contributed by atoms with Gasteiger partial charge in [0, 0.05) is 6.04 Å². The van der Waals surface area contributed by atoms with Crippen molar-refractivity contribution in [2.45, 2.75) is 45.1 Å². The summed E-state index contributed by atoms with van der Waals surface area (Å²) >= 11 is 0. The molecule has 0 aliphatic heterocycles. The summed E-state index contributed by atoms with van der Waals surface area (Å²) in [5.74, 6) is -0.122. The van der Waals surface area contributed by atoms with Gasteiger partial charge in [0.1, 0.15) is 5.82 Å². The van der Waals surface area contributed by atoms with Gasteiger partial charge in [-0.2, -0.15) is 0 Å². The Morgan fingerprint density at radius 3 is 2.80 bits per heavy atom. The fourth-order valence-electron chi connectivity index (χ4n) is 2.71. The van der Waals surface area contributed by atoms with Crippen molar-refractivity contribution in [3.63, 3.8) is 0 Å². The monoisotopic (exact) mass is 278 g/mol. The molecule has 1 amide bonds. The van der Waals surface area contributed by atoms with Crippen molar-refractivity contribution < 1.29 is 9.18 Å². The molecule has 4 heteroatoms. The van der Waals surface area contributed by atoms with E-state index in [0.29, 0.717) is 12.6 Å². The third-order valence-corrected chi connectivity index (χ3v) is 3.88. The summed E-state index contributed by atoms with van der Waals surface area (Å²) in [6.07, 6.45) is 5.48. The molecule has 1 aliphatic rings. The van der Waals surface area contributed by atoms with Gasteiger partial charge in [-0.25, -0.2) is 4.39 Å². The summed E-state index contributed by atoms with van der Waals surface area (Å²) in [4.78, 5) is 11.7. The molecule has 1 aromatic rings. The molecule has 3 nitrogen and oxygen atoms in total. The van der Waals surface area contributed by atoms with Crippen LogP contribution in [-0.4, -0.2) is 25.0 Å². The number of amides is 1. The Hall–Kier alpha value is -1.42. The molecule has 0 spiro atoms. The lowest BCUT2D eigenvalue weighted by Crippen LogP contribution is -2.39. The second-order valence-corrected chi connectivity index (χ2v) is 5.55. The van der Waals surface area contributed by atoms with Crippen molar-refractivity contribution in [2.24, 2.45) is 0 Å². The van der Waals surface area contributed by atoms with Crippen molar-refractivity contribution >= 4 is 5.91 Å². The summed E-state index contributed by atoms with van der Waals surface area (Å²) < 4.78 is 13.0. The molecule has 0 heterocycles. The summed E-state index contributed by atoms with van der Waals surface area (Å²) in [6.45, 7) is 2.99. The zero-order chi connectivity index (χ0) is 14.4. The van der Waals surface area contributed by atoms with Gasteiger partial charge in [-0.3, -0.25) is 4.79 Å². The Bertz CT molecular complexity index is 456. The first-order valence-electron chi connectivity index (χ1n) is 7.40. The average molecular weight is 278 g/mol. The van der Waals surface area contributed by atoms with Crippen LogP contribution in [0.15, 0.2) is 18.2 Å². The minimum atomic E-state index is -0.199. The lowest BCUT2D eigenvalue weighted by molar-refractivity contribution is -0.120. The number of rotatable bonds is 6. The van der Waals surface area contributed by atoms with Gasteiger partial charge in [0.2, 0.25) is 5.91 Å². The van der Waals surface area contributed by atoms with Crippen LogP contribution in [0.3, 0.4) is 0 Å². The van der Waals surface area contributed by atoms with Crippen molar-refractivity contribution in [2.75, 3.05) is 13.1 Å².